The van der Waals surface area contributed by atoms with Crippen LogP contribution in [0.5, 0.6) is 0 Å². The van der Waals surface area contributed by atoms with E-state index < -0.39 is 0 Å². The molecule has 2 aromatic heterocycles. The van der Waals surface area contributed by atoms with Crippen LogP contribution < -0.4 is 5.73 Å². The third-order valence-corrected chi connectivity index (χ3v) is 2.35. The molecule has 0 fully saturated rings. The zero-order valence-electron chi connectivity index (χ0n) is 9.34. The van der Waals surface area contributed by atoms with Crippen LogP contribution in [0.4, 0.5) is 5.82 Å². The number of nitrogens with zero attached hydrogens (tertiary/aromatic N) is 2. The molecule has 4 nitrogen and oxygen atoms in total. The lowest BCUT2D eigenvalue weighted by molar-refractivity contribution is -0.117. The average Bonchev–Trinajstić information content (AvgIpc) is 2.30. The number of carbonyl (C=O) groups excluding carboxylic acids is 1. The van der Waals surface area contributed by atoms with Crippen molar-refractivity contribution in [2.75, 3.05) is 5.73 Å². The second-order valence-electron chi connectivity index (χ2n) is 3.80. The summed E-state index contributed by atoms with van der Waals surface area (Å²) < 4.78 is 0. The smallest absolute Gasteiger partial charge is 0.143 e. The molecular formula is C13H13N3O. The van der Waals surface area contributed by atoms with E-state index in [-0.39, 0.29) is 5.78 Å². The summed E-state index contributed by atoms with van der Waals surface area (Å²) in [4.78, 5) is 19.8. The summed E-state index contributed by atoms with van der Waals surface area (Å²) in [5.74, 6) is 0.558. The van der Waals surface area contributed by atoms with E-state index >= 15 is 0 Å². The molecule has 2 N–H and O–H groups in total. The molecule has 0 radical (unpaired) electrons. The van der Waals surface area contributed by atoms with E-state index in [4.69, 9.17) is 5.73 Å². The zero-order valence-corrected chi connectivity index (χ0v) is 9.34. The highest BCUT2D eigenvalue weighted by atomic mass is 16.1. The molecule has 2 rings (SSSR count). The summed E-state index contributed by atoms with van der Waals surface area (Å²) in [5.41, 5.74) is 7.23. The molecule has 0 spiro atoms. The Labute approximate surface area is 99.5 Å². The maximum atomic E-state index is 11.8. The Hall–Kier alpha value is -2.23. The molecule has 86 valence electrons. The number of carbonyl (C=O) groups is 1. The summed E-state index contributed by atoms with van der Waals surface area (Å²) in [6.07, 6.45) is 4.01. The molecule has 17 heavy (non-hydrogen) atoms. The molecule has 0 saturated heterocycles. The van der Waals surface area contributed by atoms with Gasteiger partial charge in [0.05, 0.1) is 0 Å². The monoisotopic (exact) mass is 227 g/mol. The molecule has 2 aromatic rings. The highest BCUT2D eigenvalue weighted by Crippen LogP contribution is 2.06. The largest absolute Gasteiger partial charge is 0.384 e. The molecule has 0 aliphatic heterocycles. The summed E-state index contributed by atoms with van der Waals surface area (Å²) in [5, 5.41) is 0. The first-order chi connectivity index (χ1) is 8.24. The summed E-state index contributed by atoms with van der Waals surface area (Å²) in [7, 11) is 0. The Bertz CT molecular complexity index is 511. The molecule has 0 unspecified atom stereocenters. The van der Waals surface area contributed by atoms with Crippen LogP contribution in [0.25, 0.3) is 0 Å². The van der Waals surface area contributed by atoms with Crippen molar-refractivity contribution in [1.29, 1.82) is 0 Å². The standard InChI is InChI=1S/C13H13N3O/c14-13-8-10(4-6-16-13)7-12(17)9-11-3-1-2-5-15-11/h1-6,8H,7,9H2,(H2,14,16). The number of hydrogen-bond acceptors (Lipinski definition) is 4. The van der Waals surface area contributed by atoms with Crippen molar-refractivity contribution in [3.05, 3.63) is 54.0 Å². The van der Waals surface area contributed by atoms with E-state index in [1.807, 2.05) is 18.2 Å². The lowest BCUT2D eigenvalue weighted by Crippen LogP contribution is -2.08. The van der Waals surface area contributed by atoms with Gasteiger partial charge in [0.15, 0.2) is 0 Å². The highest BCUT2D eigenvalue weighted by molar-refractivity contribution is 5.82. The molecule has 0 amide bonds. The predicted octanol–water partition coefficient (Wildman–Crippen LogP) is 1.41. The van der Waals surface area contributed by atoms with Gasteiger partial charge < -0.3 is 5.73 Å². The van der Waals surface area contributed by atoms with Gasteiger partial charge in [0.1, 0.15) is 11.6 Å². The van der Waals surface area contributed by atoms with E-state index in [1.165, 1.54) is 0 Å². The Kier molecular flexibility index (Phi) is 3.45. The predicted molar refractivity (Wildman–Crippen MR) is 65.3 cm³/mol. The first-order valence-corrected chi connectivity index (χ1v) is 5.36. The van der Waals surface area contributed by atoms with Gasteiger partial charge in [0.25, 0.3) is 0 Å². The van der Waals surface area contributed by atoms with Crippen LogP contribution >= 0.6 is 0 Å². The topological polar surface area (TPSA) is 68.9 Å². The molecule has 0 aliphatic rings. The number of hydrogen-bond donors (Lipinski definition) is 1. The normalized spacial score (nSPS) is 10.1. The van der Waals surface area contributed by atoms with Crippen molar-refractivity contribution < 1.29 is 4.79 Å². The number of ketones is 1. The Morgan fingerprint density at radius 3 is 2.71 bits per heavy atom. The molecule has 0 atom stereocenters. The minimum Gasteiger partial charge on any atom is -0.384 e. The van der Waals surface area contributed by atoms with Crippen LogP contribution in [-0.4, -0.2) is 15.8 Å². The number of aromatic nitrogens is 2. The summed E-state index contributed by atoms with van der Waals surface area (Å²) in [6, 6.07) is 9.07. The first-order valence-electron chi connectivity index (χ1n) is 5.36. The van der Waals surface area contributed by atoms with E-state index in [1.54, 1.807) is 24.5 Å². The molecule has 0 aromatic carbocycles. The van der Waals surface area contributed by atoms with Gasteiger partial charge in [0.2, 0.25) is 0 Å². The maximum Gasteiger partial charge on any atom is 0.143 e. The van der Waals surface area contributed by atoms with Gasteiger partial charge in [-0.15, -0.1) is 0 Å². The van der Waals surface area contributed by atoms with Crippen LogP contribution in [0.3, 0.4) is 0 Å². The summed E-state index contributed by atoms with van der Waals surface area (Å²) in [6.45, 7) is 0. The van der Waals surface area contributed by atoms with Crippen LogP contribution in [0.2, 0.25) is 0 Å². The van der Waals surface area contributed by atoms with E-state index in [0.29, 0.717) is 18.7 Å². The number of Topliss-reactive ketones (excluding diaryl/α,β-unsaturated/α-hetero) is 1. The van der Waals surface area contributed by atoms with Crippen molar-refractivity contribution >= 4 is 11.6 Å². The van der Waals surface area contributed by atoms with E-state index in [0.717, 1.165) is 11.3 Å². The third-order valence-electron chi connectivity index (χ3n) is 2.35. The molecular weight excluding hydrogens is 214 g/mol. The van der Waals surface area contributed by atoms with Gasteiger partial charge in [-0.25, -0.2) is 4.98 Å². The lowest BCUT2D eigenvalue weighted by atomic mass is 10.1. The van der Waals surface area contributed by atoms with E-state index in [2.05, 4.69) is 9.97 Å². The Morgan fingerprint density at radius 2 is 2.00 bits per heavy atom. The van der Waals surface area contributed by atoms with Crippen molar-refractivity contribution in [1.82, 2.24) is 9.97 Å². The fraction of sp³-hybridized carbons (Fsp3) is 0.154. The Balaban J connectivity index is 1.98. The minimum atomic E-state index is 0.120. The SMILES string of the molecule is Nc1cc(CC(=O)Cc2ccccn2)ccn1. The number of anilines is 1. The molecule has 2 heterocycles. The lowest BCUT2D eigenvalue weighted by Gasteiger charge is -2.01. The fourth-order valence-electron chi connectivity index (χ4n) is 1.60. The number of pyridine rings is 2. The van der Waals surface area contributed by atoms with Gasteiger partial charge in [-0.2, -0.15) is 0 Å². The van der Waals surface area contributed by atoms with Crippen LogP contribution in [0.15, 0.2) is 42.7 Å². The van der Waals surface area contributed by atoms with Gasteiger partial charge in [-0.3, -0.25) is 9.78 Å². The third kappa shape index (κ3) is 3.38. The molecule has 0 aliphatic carbocycles. The van der Waals surface area contributed by atoms with Crippen LogP contribution in [0, 0.1) is 0 Å². The van der Waals surface area contributed by atoms with Crippen molar-refractivity contribution in [2.45, 2.75) is 12.8 Å². The van der Waals surface area contributed by atoms with Gasteiger partial charge in [-0.05, 0) is 29.8 Å². The number of nitrogen functional groups attached to an aromatic ring is 1. The summed E-state index contributed by atoms with van der Waals surface area (Å²) >= 11 is 0. The van der Waals surface area contributed by atoms with Crippen molar-refractivity contribution in [3.63, 3.8) is 0 Å². The second-order valence-corrected chi connectivity index (χ2v) is 3.80. The van der Waals surface area contributed by atoms with Crippen LogP contribution in [-0.2, 0) is 17.6 Å². The van der Waals surface area contributed by atoms with Gasteiger partial charge >= 0.3 is 0 Å². The number of rotatable bonds is 4. The average molecular weight is 227 g/mol. The molecule has 0 bridgehead atoms. The minimum absolute atomic E-state index is 0.120. The highest BCUT2D eigenvalue weighted by Gasteiger charge is 2.06. The quantitative estimate of drug-likeness (QED) is 0.857. The fourth-order valence-corrected chi connectivity index (χ4v) is 1.60. The molecule has 4 heteroatoms. The second kappa shape index (κ2) is 5.21. The van der Waals surface area contributed by atoms with Crippen molar-refractivity contribution in [2.24, 2.45) is 0 Å². The number of nitrogens with two attached hydrogens (primary N) is 1. The van der Waals surface area contributed by atoms with Crippen LogP contribution in [0.1, 0.15) is 11.3 Å². The first kappa shape index (κ1) is 11.3. The molecule has 0 saturated carbocycles. The zero-order chi connectivity index (χ0) is 12.1. The van der Waals surface area contributed by atoms with Gasteiger partial charge in [-0.1, -0.05) is 6.07 Å². The van der Waals surface area contributed by atoms with Gasteiger partial charge in [0, 0.05) is 30.9 Å². The Morgan fingerprint density at radius 1 is 1.12 bits per heavy atom. The maximum absolute atomic E-state index is 11.8. The van der Waals surface area contributed by atoms with E-state index in [9.17, 15) is 4.79 Å². The van der Waals surface area contributed by atoms with Crippen molar-refractivity contribution in [3.8, 4) is 0 Å².